The lowest BCUT2D eigenvalue weighted by molar-refractivity contribution is 0.229. The normalized spacial score (nSPS) is 20.2. The van der Waals surface area contributed by atoms with E-state index in [2.05, 4.69) is 15.2 Å². The molecule has 1 aromatic rings. The minimum atomic E-state index is -0.226. The van der Waals surface area contributed by atoms with Crippen LogP contribution in [0.4, 0.5) is 16.2 Å². The predicted molar refractivity (Wildman–Crippen MR) is 94.2 cm³/mol. The molecule has 1 fully saturated rings. The van der Waals surface area contributed by atoms with Crippen LogP contribution in [0.25, 0.3) is 0 Å². The van der Waals surface area contributed by atoms with Crippen LogP contribution in [0.15, 0.2) is 35.5 Å². The van der Waals surface area contributed by atoms with Gasteiger partial charge >= 0.3 is 6.03 Å². The molecule has 2 amide bonds. The van der Waals surface area contributed by atoms with E-state index in [4.69, 9.17) is 17.3 Å². The summed E-state index contributed by atoms with van der Waals surface area (Å²) < 4.78 is 0. The van der Waals surface area contributed by atoms with Crippen LogP contribution in [-0.4, -0.2) is 43.4 Å². The molecule has 3 N–H and O–H groups in total. The van der Waals surface area contributed by atoms with Crippen LogP contribution in [0, 0.1) is 5.92 Å². The zero-order valence-electron chi connectivity index (χ0n) is 12.8. The second-order valence-corrected chi connectivity index (χ2v) is 6.15. The molecule has 122 valence electrons. The minimum Gasteiger partial charge on any atom is -0.370 e. The van der Waals surface area contributed by atoms with Crippen LogP contribution in [0.5, 0.6) is 0 Å². The summed E-state index contributed by atoms with van der Waals surface area (Å²) in [6, 6.07) is 5.34. The number of hydrogen-bond acceptors (Lipinski definition) is 4. The van der Waals surface area contributed by atoms with Crippen LogP contribution in [0.2, 0.25) is 5.02 Å². The summed E-state index contributed by atoms with van der Waals surface area (Å²) in [5.41, 5.74) is 7.46. The number of rotatable bonds is 3. The zero-order chi connectivity index (χ0) is 16.2. The third-order valence-electron chi connectivity index (χ3n) is 4.11. The van der Waals surface area contributed by atoms with Crippen molar-refractivity contribution in [1.82, 2.24) is 4.90 Å². The van der Waals surface area contributed by atoms with Gasteiger partial charge in [-0.1, -0.05) is 11.6 Å². The summed E-state index contributed by atoms with van der Waals surface area (Å²) in [4.78, 5) is 20.2. The average molecular weight is 334 g/mol. The molecule has 0 bridgehead atoms. The molecule has 0 aliphatic carbocycles. The number of aliphatic imine (C=N–C) groups is 1. The van der Waals surface area contributed by atoms with E-state index in [9.17, 15) is 4.79 Å². The topological polar surface area (TPSA) is 74.0 Å². The standard InChI is InChI=1S/C16H20ClN5O/c17-13-2-3-15(21-7-4-12(9-18)10-21)14(8-13)20-16(23)22-6-1-5-19-11-22/h1-3,5-6,8,12H,4,7,9-11,18H2,(H,20,23). The highest BCUT2D eigenvalue weighted by atomic mass is 35.5. The van der Waals surface area contributed by atoms with Gasteiger partial charge < -0.3 is 16.0 Å². The number of nitrogens with zero attached hydrogens (tertiary/aromatic N) is 3. The Morgan fingerprint density at radius 1 is 1.48 bits per heavy atom. The van der Waals surface area contributed by atoms with Crippen LogP contribution in [0.3, 0.4) is 0 Å². The van der Waals surface area contributed by atoms with Crippen molar-refractivity contribution in [3.63, 3.8) is 0 Å². The summed E-state index contributed by atoms with van der Waals surface area (Å²) in [6.45, 7) is 2.83. The maximum absolute atomic E-state index is 12.4. The molecule has 7 heteroatoms. The molecule has 1 atom stereocenters. The number of halogens is 1. The SMILES string of the molecule is NCC1CCN(c2ccc(Cl)cc2NC(=O)N2C=CC=NC2)C1. The molecule has 0 radical (unpaired) electrons. The van der Waals surface area contributed by atoms with Crippen LogP contribution in [-0.2, 0) is 0 Å². The third kappa shape index (κ3) is 3.65. The Hall–Kier alpha value is -2.05. The van der Waals surface area contributed by atoms with Crippen molar-refractivity contribution in [3.8, 4) is 0 Å². The van der Waals surface area contributed by atoms with E-state index in [1.54, 1.807) is 24.6 Å². The smallest absolute Gasteiger partial charge is 0.327 e. The maximum Gasteiger partial charge on any atom is 0.327 e. The second-order valence-electron chi connectivity index (χ2n) is 5.71. The number of hydrogen-bond donors (Lipinski definition) is 2. The van der Waals surface area contributed by atoms with Gasteiger partial charge in [-0.3, -0.25) is 9.89 Å². The van der Waals surface area contributed by atoms with Gasteiger partial charge in [0.1, 0.15) is 6.67 Å². The lowest BCUT2D eigenvalue weighted by Crippen LogP contribution is -2.32. The number of amides is 2. The molecule has 2 aliphatic rings. The molecule has 23 heavy (non-hydrogen) atoms. The molecular weight excluding hydrogens is 314 g/mol. The van der Waals surface area contributed by atoms with E-state index >= 15 is 0 Å². The first-order valence-electron chi connectivity index (χ1n) is 7.66. The van der Waals surface area contributed by atoms with Gasteiger partial charge in [-0.25, -0.2) is 4.79 Å². The van der Waals surface area contributed by atoms with Crippen LogP contribution in [0.1, 0.15) is 6.42 Å². The molecule has 6 nitrogen and oxygen atoms in total. The maximum atomic E-state index is 12.4. The van der Waals surface area contributed by atoms with Gasteiger partial charge in [0.2, 0.25) is 0 Å². The first-order chi connectivity index (χ1) is 11.2. The summed E-state index contributed by atoms with van der Waals surface area (Å²) in [7, 11) is 0. The number of nitrogens with one attached hydrogen (secondary N) is 1. The number of carbonyl (C=O) groups is 1. The monoisotopic (exact) mass is 333 g/mol. The third-order valence-corrected chi connectivity index (χ3v) is 4.35. The molecule has 0 saturated carbocycles. The summed E-state index contributed by atoms with van der Waals surface area (Å²) in [5.74, 6) is 0.494. The first-order valence-corrected chi connectivity index (χ1v) is 8.04. The van der Waals surface area contributed by atoms with Gasteiger partial charge in [0.15, 0.2) is 0 Å². The van der Waals surface area contributed by atoms with E-state index in [1.165, 1.54) is 4.90 Å². The van der Waals surface area contributed by atoms with E-state index in [0.717, 1.165) is 25.2 Å². The lowest BCUT2D eigenvalue weighted by atomic mass is 10.1. The second kappa shape index (κ2) is 7.02. The highest BCUT2D eigenvalue weighted by Gasteiger charge is 2.24. The number of anilines is 2. The fourth-order valence-electron chi connectivity index (χ4n) is 2.83. The molecule has 0 aromatic heterocycles. The molecule has 1 aromatic carbocycles. The molecule has 0 spiro atoms. The first kappa shape index (κ1) is 15.8. The van der Waals surface area contributed by atoms with Gasteiger partial charge in [0, 0.05) is 30.5 Å². The van der Waals surface area contributed by atoms with Crippen molar-refractivity contribution in [2.45, 2.75) is 6.42 Å². The Morgan fingerprint density at radius 3 is 3.04 bits per heavy atom. The van der Waals surface area contributed by atoms with Gasteiger partial charge in [-0.05, 0) is 43.2 Å². The largest absolute Gasteiger partial charge is 0.370 e. The average Bonchev–Trinajstić information content (AvgIpc) is 3.04. The molecule has 1 unspecified atom stereocenters. The molecule has 2 heterocycles. The van der Waals surface area contributed by atoms with Crippen molar-refractivity contribution in [1.29, 1.82) is 0 Å². The highest BCUT2D eigenvalue weighted by molar-refractivity contribution is 6.31. The van der Waals surface area contributed by atoms with E-state index < -0.39 is 0 Å². The van der Waals surface area contributed by atoms with E-state index in [1.807, 2.05) is 12.1 Å². The summed E-state index contributed by atoms with van der Waals surface area (Å²) in [5, 5.41) is 3.52. The number of nitrogens with two attached hydrogens (primary N) is 1. The van der Waals surface area contributed by atoms with E-state index in [-0.39, 0.29) is 6.03 Å². The molecule has 2 aliphatic heterocycles. The van der Waals surface area contributed by atoms with Crippen LogP contribution < -0.4 is 16.0 Å². The predicted octanol–water partition coefficient (Wildman–Crippen LogP) is 2.51. The Kier molecular flexibility index (Phi) is 4.83. The van der Waals surface area contributed by atoms with Gasteiger partial charge in [-0.15, -0.1) is 0 Å². The lowest BCUT2D eigenvalue weighted by Gasteiger charge is -2.24. The molecule has 1 saturated heterocycles. The van der Waals surface area contributed by atoms with Crippen molar-refractivity contribution in [2.75, 3.05) is 36.5 Å². The summed E-state index contributed by atoms with van der Waals surface area (Å²) in [6.07, 6.45) is 6.17. The molecular formula is C16H20ClN5O. The quantitative estimate of drug-likeness (QED) is 0.892. The van der Waals surface area contributed by atoms with Gasteiger partial charge in [-0.2, -0.15) is 0 Å². The Labute approximate surface area is 140 Å². The Morgan fingerprint density at radius 2 is 2.35 bits per heavy atom. The van der Waals surface area contributed by atoms with Crippen molar-refractivity contribution in [3.05, 3.63) is 35.5 Å². The number of allylic oxidation sites excluding steroid dienone is 1. The van der Waals surface area contributed by atoms with Crippen molar-refractivity contribution < 1.29 is 4.79 Å². The number of carbonyl (C=O) groups excluding carboxylic acids is 1. The molecule has 3 rings (SSSR count). The van der Waals surface area contributed by atoms with Crippen molar-refractivity contribution in [2.24, 2.45) is 16.6 Å². The summed E-state index contributed by atoms with van der Waals surface area (Å²) >= 11 is 6.11. The Bertz CT molecular complexity index is 645. The van der Waals surface area contributed by atoms with Crippen LogP contribution >= 0.6 is 11.6 Å². The minimum absolute atomic E-state index is 0.226. The number of benzene rings is 1. The van der Waals surface area contributed by atoms with Crippen molar-refractivity contribution >= 4 is 35.2 Å². The fraction of sp³-hybridized carbons (Fsp3) is 0.375. The zero-order valence-corrected chi connectivity index (χ0v) is 13.5. The van der Waals surface area contributed by atoms with E-state index in [0.29, 0.717) is 29.8 Å². The highest BCUT2D eigenvalue weighted by Crippen LogP contribution is 2.33. The Balaban J connectivity index is 1.78. The van der Waals surface area contributed by atoms with Gasteiger partial charge in [0.05, 0.1) is 11.4 Å². The fourth-order valence-corrected chi connectivity index (χ4v) is 3.00. The number of urea groups is 1. The van der Waals surface area contributed by atoms with Gasteiger partial charge in [0.25, 0.3) is 0 Å².